The number of benzene rings is 1. The molecule has 3 rings (SSSR count). The fourth-order valence-corrected chi connectivity index (χ4v) is 3.11. The third kappa shape index (κ3) is 2.63. The quantitative estimate of drug-likeness (QED) is 0.898. The molecule has 2 heterocycles. The Balaban J connectivity index is 0.00000133. The molecule has 1 saturated heterocycles. The summed E-state index contributed by atoms with van der Waals surface area (Å²) in [5.74, 6) is 0.807. The van der Waals surface area contributed by atoms with Gasteiger partial charge in [-0.25, -0.2) is 4.39 Å². The normalized spacial score (nSPS) is 23.3. The highest BCUT2D eigenvalue weighted by molar-refractivity contribution is 5.85. The van der Waals surface area contributed by atoms with Crippen molar-refractivity contribution >= 4 is 23.4 Å². The van der Waals surface area contributed by atoms with Gasteiger partial charge in [-0.1, -0.05) is 13.3 Å². The predicted octanol–water partition coefficient (Wildman–Crippen LogP) is 4.10. The summed E-state index contributed by atoms with van der Waals surface area (Å²) in [5, 5.41) is 4.29. The third-order valence-electron chi connectivity index (χ3n) is 4.08. The van der Waals surface area contributed by atoms with Crippen molar-refractivity contribution in [1.29, 1.82) is 0 Å². The molecule has 1 aromatic heterocycles. The highest BCUT2D eigenvalue weighted by atomic mass is 35.5. The van der Waals surface area contributed by atoms with Crippen LogP contribution in [0.25, 0.3) is 11.0 Å². The summed E-state index contributed by atoms with van der Waals surface area (Å²) >= 11 is 0. The van der Waals surface area contributed by atoms with Crippen LogP contribution in [0.15, 0.2) is 28.9 Å². The number of halogens is 2. The van der Waals surface area contributed by atoms with Gasteiger partial charge in [0.25, 0.3) is 0 Å². The van der Waals surface area contributed by atoms with E-state index >= 15 is 0 Å². The van der Waals surface area contributed by atoms with Gasteiger partial charge in [0.1, 0.15) is 11.4 Å². The molecule has 0 saturated carbocycles. The Bertz CT molecular complexity index is 554. The fraction of sp³-hybridized carbons (Fsp3) is 0.467. The second kappa shape index (κ2) is 5.93. The molecule has 1 fully saturated rings. The van der Waals surface area contributed by atoms with E-state index in [1.807, 2.05) is 6.07 Å². The number of hydrogen-bond acceptors (Lipinski definition) is 2. The topological polar surface area (TPSA) is 25.2 Å². The molecule has 0 bridgehead atoms. The molecular weight excluding hydrogens is 265 g/mol. The van der Waals surface area contributed by atoms with Gasteiger partial charge in [0.15, 0.2) is 0 Å². The van der Waals surface area contributed by atoms with E-state index in [2.05, 4.69) is 12.2 Å². The molecule has 2 nitrogen and oxygen atoms in total. The minimum absolute atomic E-state index is 0. The first-order chi connectivity index (χ1) is 8.79. The Morgan fingerprint density at radius 2 is 2.26 bits per heavy atom. The average Bonchev–Trinajstić information content (AvgIpc) is 2.85. The molecule has 1 aromatic carbocycles. The molecule has 0 amide bonds. The Hall–Kier alpha value is -1.06. The second-order valence-electron chi connectivity index (χ2n) is 5.10. The van der Waals surface area contributed by atoms with E-state index in [4.69, 9.17) is 4.42 Å². The van der Waals surface area contributed by atoms with Crippen molar-refractivity contribution in [3.05, 3.63) is 35.8 Å². The number of fused-ring (bicyclic) bond motifs is 1. The van der Waals surface area contributed by atoms with Crippen LogP contribution in [0.5, 0.6) is 0 Å². The number of rotatable bonds is 2. The summed E-state index contributed by atoms with van der Waals surface area (Å²) in [5.41, 5.74) is 1.91. The van der Waals surface area contributed by atoms with E-state index in [-0.39, 0.29) is 18.2 Å². The van der Waals surface area contributed by atoms with Crippen LogP contribution in [0.3, 0.4) is 0 Å². The van der Waals surface area contributed by atoms with Crippen LogP contribution in [0.1, 0.15) is 31.2 Å². The van der Waals surface area contributed by atoms with Crippen molar-refractivity contribution in [2.45, 2.75) is 25.7 Å². The monoisotopic (exact) mass is 283 g/mol. The first-order valence-electron chi connectivity index (χ1n) is 6.67. The lowest BCUT2D eigenvalue weighted by Gasteiger charge is -2.31. The summed E-state index contributed by atoms with van der Waals surface area (Å²) in [4.78, 5) is 0. The molecule has 0 unspecified atom stereocenters. The molecule has 4 heteroatoms. The van der Waals surface area contributed by atoms with Crippen LogP contribution < -0.4 is 5.32 Å². The van der Waals surface area contributed by atoms with Crippen LogP contribution in [0.2, 0.25) is 0 Å². The summed E-state index contributed by atoms with van der Waals surface area (Å²) in [6.45, 7) is 4.21. The van der Waals surface area contributed by atoms with Crippen LogP contribution >= 0.6 is 12.4 Å². The van der Waals surface area contributed by atoms with Crippen molar-refractivity contribution in [2.24, 2.45) is 5.92 Å². The molecule has 1 aliphatic heterocycles. The van der Waals surface area contributed by atoms with Crippen LogP contribution in [0, 0.1) is 11.7 Å². The Labute approximate surface area is 118 Å². The van der Waals surface area contributed by atoms with Crippen molar-refractivity contribution in [2.75, 3.05) is 13.1 Å². The number of nitrogens with one attached hydrogen (secondary N) is 1. The Kier molecular flexibility index (Phi) is 4.48. The molecule has 2 aromatic rings. The lowest BCUT2D eigenvalue weighted by molar-refractivity contribution is 0.317. The van der Waals surface area contributed by atoms with E-state index in [1.54, 1.807) is 18.4 Å². The maximum atomic E-state index is 13.7. The lowest BCUT2D eigenvalue weighted by Crippen LogP contribution is -2.35. The van der Waals surface area contributed by atoms with E-state index in [1.165, 1.54) is 0 Å². The SMILES string of the molecule is CC[C@@H]1CNCC[C@@H]1c1cc(F)cc2ccoc12.Cl. The molecule has 0 spiro atoms. The number of furan rings is 1. The minimum Gasteiger partial charge on any atom is -0.464 e. The van der Waals surface area contributed by atoms with Gasteiger partial charge in [-0.15, -0.1) is 12.4 Å². The maximum absolute atomic E-state index is 13.7. The van der Waals surface area contributed by atoms with E-state index < -0.39 is 0 Å². The van der Waals surface area contributed by atoms with Crippen LogP contribution in [-0.2, 0) is 0 Å². The van der Waals surface area contributed by atoms with Gasteiger partial charge in [0.05, 0.1) is 6.26 Å². The molecule has 0 aliphatic carbocycles. The molecule has 1 N–H and O–H groups in total. The van der Waals surface area contributed by atoms with Crippen molar-refractivity contribution < 1.29 is 8.81 Å². The summed E-state index contributed by atoms with van der Waals surface area (Å²) in [6, 6.07) is 5.04. The zero-order valence-electron chi connectivity index (χ0n) is 11.0. The molecule has 1 aliphatic rings. The molecule has 0 radical (unpaired) electrons. The predicted molar refractivity (Wildman–Crippen MR) is 77.4 cm³/mol. The van der Waals surface area contributed by atoms with Gasteiger partial charge in [0, 0.05) is 10.9 Å². The minimum atomic E-state index is -0.160. The first kappa shape index (κ1) is 14.4. The van der Waals surface area contributed by atoms with E-state index in [9.17, 15) is 4.39 Å². The first-order valence-corrected chi connectivity index (χ1v) is 6.67. The van der Waals surface area contributed by atoms with Crippen molar-refractivity contribution in [3.63, 3.8) is 0 Å². The van der Waals surface area contributed by atoms with Crippen molar-refractivity contribution in [3.8, 4) is 0 Å². The Morgan fingerprint density at radius 1 is 1.42 bits per heavy atom. The van der Waals surface area contributed by atoms with Gasteiger partial charge in [0.2, 0.25) is 0 Å². The van der Waals surface area contributed by atoms with Gasteiger partial charge >= 0.3 is 0 Å². The standard InChI is InChI=1S/C15H18FNO.ClH/c1-2-10-9-17-5-3-13(10)14-8-12(16)7-11-4-6-18-15(11)14;/h4,6-8,10,13,17H,2-3,5,9H2,1H3;1H/t10-,13+;/m1./s1. The summed E-state index contributed by atoms with van der Waals surface area (Å²) in [7, 11) is 0. The van der Waals surface area contributed by atoms with Gasteiger partial charge in [-0.2, -0.15) is 0 Å². The largest absolute Gasteiger partial charge is 0.464 e. The summed E-state index contributed by atoms with van der Waals surface area (Å²) < 4.78 is 19.3. The molecule has 104 valence electrons. The van der Waals surface area contributed by atoms with E-state index in [0.29, 0.717) is 11.8 Å². The smallest absolute Gasteiger partial charge is 0.137 e. The second-order valence-corrected chi connectivity index (χ2v) is 5.10. The maximum Gasteiger partial charge on any atom is 0.137 e. The molecular formula is C15H19ClFNO. The lowest BCUT2D eigenvalue weighted by atomic mass is 9.79. The Morgan fingerprint density at radius 3 is 3.05 bits per heavy atom. The van der Waals surface area contributed by atoms with Gasteiger partial charge in [-0.05, 0) is 49.5 Å². The highest BCUT2D eigenvalue weighted by Crippen LogP contribution is 2.37. The third-order valence-corrected chi connectivity index (χ3v) is 4.08. The average molecular weight is 284 g/mol. The van der Waals surface area contributed by atoms with Gasteiger partial charge in [-0.3, -0.25) is 0 Å². The summed E-state index contributed by atoms with van der Waals surface area (Å²) in [6.07, 6.45) is 3.81. The zero-order valence-corrected chi connectivity index (χ0v) is 11.8. The van der Waals surface area contributed by atoms with Crippen molar-refractivity contribution in [1.82, 2.24) is 5.32 Å². The molecule has 19 heavy (non-hydrogen) atoms. The fourth-order valence-electron chi connectivity index (χ4n) is 3.11. The number of piperidine rings is 1. The van der Waals surface area contributed by atoms with Crippen LogP contribution in [0.4, 0.5) is 4.39 Å². The van der Waals surface area contributed by atoms with Crippen LogP contribution in [-0.4, -0.2) is 13.1 Å². The number of hydrogen-bond donors (Lipinski definition) is 1. The zero-order chi connectivity index (χ0) is 12.5. The molecule has 2 atom stereocenters. The van der Waals surface area contributed by atoms with E-state index in [0.717, 1.165) is 42.5 Å². The van der Waals surface area contributed by atoms with Gasteiger partial charge < -0.3 is 9.73 Å². The highest BCUT2D eigenvalue weighted by Gasteiger charge is 2.27.